The molecular weight excluding hydrogens is 426 g/mol. The van der Waals surface area contributed by atoms with Crippen LogP contribution in [-0.4, -0.2) is 22.6 Å². The quantitative estimate of drug-likeness (QED) is 0.436. The van der Waals surface area contributed by atoms with Gasteiger partial charge in [-0.3, -0.25) is 0 Å². The van der Waals surface area contributed by atoms with Gasteiger partial charge in [0.05, 0.1) is 18.1 Å². The molecular formula is C22H17N7O2S. The van der Waals surface area contributed by atoms with Crippen molar-refractivity contribution in [1.82, 2.24) is 14.2 Å². The number of nitrogens with two attached hydrogens (primary N) is 1. The maximum Gasteiger partial charge on any atom is 0.287 e. The van der Waals surface area contributed by atoms with E-state index in [4.69, 9.17) is 17.6 Å². The molecule has 0 bridgehead atoms. The molecule has 1 heterocycles. The van der Waals surface area contributed by atoms with Crippen molar-refractivity contribution in [2.24, 2.45) is 0 Å². The van der Waals surface area contributed by atoms with Crippen LogP contribution < -0.4 is 11.1 Å². The van der Waals surface area contributed by atoms with Crippen molar-refractivity contribution in [1.29, 1.82) is 5.26 Å². The second kappa shape index (κ2) is 8.38. The maximum atomic E-state index is 13.6. The first kappa shape index (κ1) is 20.8. The number of anilines is 3. The number of hydrogen-bond donors (Lipinski definition) is 2. The summed E-state index contributed by atoms with van der Waals surface area (Å²) in [7, 11) is -4.24. The van der Waals surface area contributed by atoms with Gasteiger partial charge in [0.2, 0.25) is 18.4 Å². The van der Waals surface area contributed by atoms with Gasteiger partial charge in [-0.2, -0.15) is 18.7 Å². The molecule has 0 unspecified atom stereocenters. The lowest BCUT2D eigenvalue weighted by molar-refractivity contribution is 0.581. The third kappa shape index (κ3) is 3.83. The number of hydrogen-bond acceptors (Lipinski definition) is 7. The molecule has 158 valence electrons. The summed E-state index contributed by atoms with van der Waals surface area (Å²) in [5.41, 5.74) is 7.74. The highest BCUT2D eigenvalue weighted by Gasteiger charge is 2.28. The summed E-state index contributed by atoms with van der Waals surface area (Å²) in [6.07, 6.45) is 0.288. The molecule has 4 rings (SSSR count). The van der Waals surface area contributed by atoms with E-state index in [2.05, 4.69) is 26.3 Å². The van der Waals surface area contributed by atoms with Gasteiger partial charge in [0.1, 0.15) is 4.90 Å². The third-order valence-electron chi connectivity index (χ3n) is 4.79. The van der Waals surface area contributed by atoms with Gasteiger partial charge in [0, 0.05) is 11.1 Å². The van der Waals surface area contributed by atoms with E-state index in [0.29, 0.717) is 26.1 Å². The monoisotopic (exact) mass is 443 g/mol. The molecule has 0 saturated carbocycles. The third-order valence-corrected chi connectivity index (χ3v) is 6.51. The minimum atomic E-state index is -4.24. The normalized spacial score (nSPS) is 11.1. The van der Waals surface area contributed by atoms with E-state index in [1.807, 2.05) is 0 Å². The SMILES string of the molecule is [C-]#[N+]Cc1ccc2ccccc2c1S(=O)(=O)n1nc(Nc2ccc(CC#N)cc2)nc1N. The molecule has 10 heteroatoms. The van der Waals surface area contributed by atoms with Gasteiger partial charge in [0.25, 0.3) is 10.0 Å². The average molecular weight is 443 g/mol. The van der Waals surface area contributed by atoms with Gasteiger partial charge >= 0.3 is 0 Å². The molecule has 0 aliphatic carbocycles. The first-order chi connectivity index (χ1) is 15.4. The van der Waals surface area contributed by atoms with Gasteiger partial charge in [0.15, 0.2) is 0 Å². The molecule has 0 aliphatic rings. The van der Waals surface area contributed by atoms with Crippen molar-refractivity contribution in [3.8, 4) is 6.07 Å². The van der Waals surface area contributed by atoms with Crippen LogP contribution in [0.15, 0.2) is 65.6 Å². The number of nitrogens with one attached hydrogen (secondary N) is 1. The molecule has 0 saturated heterocycles. The Morgan fingerprint density at radius 3 is 2.59 bits per heavy atom. The van der Waals surface area contributed by atoms with Crippen LogP contribution in [0.25, 0.3) is 15.6 Å². The summed E-state index contributed by atoms with van der Waals surface area (Å²) in [5, 5.41) is 17.0. The molecule has 9 nitrogen and oxygen atoms in total. The Bertz CT molecular complexity index is 1490. The van der Waals surface area contributed by atoms with Gasteiger partial charge in [-0.05, 0) is 29.1 Å². The van der Waals surface area contributed by atoms with Gasteiger partial charge in [-0.15, -0.1) is 9.19 Å². The summed E-state index contributed by atoms with van der Waals surface area (Å²) in [4.78, 5) is 7.38. The lowest BCUT2D eigenvalue weighted by Crippen LogP contribution is -2.19. The fourth-order valence-corrected chi connectivity index (χ4v) is 4.93. The molecule has 1 aromatic heterocycles. The number of aromatic nitrogens is 3. The topological polar surface area (TPSA) is 131 Å². The molecule has 3 N–H and O–H groups in total. The summed E-state index contributed by atoms with van der Waals surface area (Å²) < 4.78 is 27.8. The zero-order valence-electron chi connectivity index (χ0n) is 16.7. The zero-order chi connectivity index (χ0) is 22.7. The Morgan fingerprint density at radius 1 is 1.12 bits per heavy atom. The first-order valence-electron chi connectivity index (χ1n) is 9.49. The fourth-order valence-electron chi connectivity index (χ4n) is 3.36. The minimum Gasteiger partial charge on any atom is -0.367 e. The Labute approximate surface area is 184 Å². The van der Waals surface area contributed by atoms with E-state index in [1.54, 1.807) is 60.7 Å². The van der Waals surface area contributed by atoms with E-state index < -0.39 is 10.0 Å². The zero-order valence-corrected chi connectivity index (χ0v) is 17.5. The summed E-state index contributed by atoms with van der Waals surface area (Å²) >= 11 is 0. The smallest absolute Gasteiger partial charge is 0.287 e. The summed E-state index contributed by atoms with van der Waals surface area (Å²) in [5.74, 6) is -0.304. The second-order valence-corrected chi connectivity index (χ2v) is 8.59. The van der Waals surface area contributed by atoms with Crippen molar-refractivity contribution in [3.05, 3.63) is 83.2 Å². The largest absolute Gasteiger partial charge is 0.367 e. The van der Waals surface area contributed by atoms with Crippen LogP contribution in [0.2, 0.25) is 0 Å². The standard InChI is InChI=1S/C22H17N7O2S/c1-25-14-17-9-8-16-4-2-3-5-19(16)20(17)32(30,31)29-21(24)27-22(28-29)26-18-10-6-15(7-11-18)12-13-23/h2-11H,12,14H2,(H3,24,26,27,28). The van der Waals surface area contributed by atoms with E-state index >= 15 is 0 Å². The number of benzene rings is 3. The molecule has 0 spiro atoms. The van der Waals surface area contributed by atoms with Gasteiger partial charge < -0.3 is 15.9 Å². The number of rotatable bonds is 6. The van der Waals surface area contributed by atoms with E-state index in [0.717, 1.165) is 5.56 Å². The van der Waals surface area contributed by atoms with Gasteiger partial charge in [-0.25, -0.2) is 6.57 Å². The molecule has 4 aromatic rings. The highest BCUT2D eigenvalue weighted by atomic mass is 32.2. The van der Waals surface area contributed by atoms with Crippen LogP contribution in [0.3, 0.4) is 0 Å². The first-order valence-corrected chi connectivity index (χ1v) is 10.9. The fraction of sp³-hybridized carbons (Fsp3) is 0.0909. The molecule has 0 amide bonds. The van der Waals surface area contributed by atoms with Crippen molar-refractivity contribution < 1.29 is 8.42 Å². The molecule has 3 aromatic carbocycles. The van der Waals surface area contributed by atoms with E-state index in [1.165, 1.54) is 0 Å². The minimum absolute atomic E-state index is 0.00562. The second-order valence-electron chi connectivity index (χ2n) is 6.89. The molecule has 0 radical (unpaired) electrons. The van der Waals surface area contributed by atoms with Crippen LogP contribution in [-0.2, 0) is 23.0 Å². The Balaban J connectivity index is 1.76. The highest BCUT2D eigenvalue weighted by molar-refractivity contribution is 7.90. The lowest BCUT2D eigenvalue weighted by Gasteiger charge is -2.11. The average Bonchev–Trinajstić information content (AvgIpc) is 3.16. The van der Waals surface area contributed by atoms with Crippen LogP contribution in [0.1, 0.15) is 11.1 Å². The molecule has 0 fully saturated rings. The van der Waals surface area contributed by atoms with Gasteiger partial charge in [-0.1, -0.05) is 42.5 Å². The van der Waals surface area contributed by atoms with Crippen LogP contribution in [0.5, 0.6) is 0 Å². The van der Waals surface area contributed by atoms with Crippen LogP contribution >= 0.6 is 0 Å². The van der Waals surface area contributed by atoms with Crippen molar-refractivity contribution >= 4 is 38.4 Å². The Morgan fingerprint density at radius 2 is 1.88 bits per heavy atom. The molecule has 32 heavy (non-hydrogen) atoms. The Kier molecular flexibility index (Phi) is 5.46. The molecule has 0 atom stereocenters. The molecule has 0 aliphatic heterocycles. The predicted molar refractivity (Wildman–Crippen MR) is 120 cm³/mol. The van der Waals surface area contributed by atoms with Crippen molar-refractivity contribution in [3.63, 3.8) is 0 Å². The number of nitriles is 1. The highest BCUT2D eigenvalue weighted by Crippen LogP contribution is 2.30. The number of nitrogen functional groups attached to an aromatic ring is 1. The Hall–Kier alpha value is -4.41. The number of nitrogens with zero attached hydrogens (tertiary/aromatic N) is 5. The maximum absolute atomic E-state index is 13.6. The van der Waals surface area contributed by atoms with E-state index in [9.17, 15) is 8.42 Å². The van der Waals surface area contributed by atoms with Crippen LogP contribution in [0, 0.1) is 17.9 Å². The predicted octanol–water partition coefficient (Wildman–Crippen LogP) is 3.48. The summed E-state index contributed by atoms with van der Waals surface area (Å²) in [6, 6.07) is 19.5. The summed E-state index contributed by atoms with van der Waals surface area (Å²) in [6.45, 7) is 7.11. The number of fused-ring (bicyclic) bond motifs is 1. The van der Waals surface area contributed by atoms with Crippen LogP contribution in [0.4, 0.5) is 17.6 Å². The van der Waals surface area contributed by atoms with Crippen molar-refractivity contribution in [2.75, 3.05) is 11.1 Å². The van der Waals surface area contributed by atoms with Crippen molar-refractivity contribution in [2.45, 2.75) is 17.9 Å². The van der Waals surface area contributed by atoms with E-state index in [-0.39, 0.29) is 29.8 Å². The lowest BCUT2D eigenvalue weighted by atomic mass is 10.1.